The van der Waals surface area contributed by atoms with Crippen LogP contribution in [0.5, 0.6) is 0 Å². The second kappa shape index (κ2) is 6.29. The first-order chi connectivity index (χ1) is 8.34. The maximum absolute atomic E-state index is 11.7. The average molecular weight is 269 g/mol. The Kier molecular flexibility index (Phi) is 5.28. The van der Waals surface area contributed by atoms with Crippen molar-refractivity contribution in [1.29, 1.82) is 0 Å². The maximum Gasteiger partial charge on any atom is 0.224 e. The van der Waals surface area contributed by atoms with Crippen LogP contribution < -0.4 is 10.6 Å². The van der Waals surface area contributed by atoms with E-state index in [0.717, 1.165) is 10.7 Å². The lowest BCUT2D eigenvalue weighted by Crippen LogP contribution is -2.33. The van der Waals surface area contributed by atoms with Crippen LogP contribution in [0.4, 0.5) is 0 Å². The molecule has 4 nitrogen and oxygen atoms in total. The van der Waals surface area contributed by atoms with E-state index in [-0.39, 0.29) is 17.2 Å². The van der Waals surface area contributed by atoms with Crippen molar-refractivity contribution in [2.45, 2.75) is 39.7 Å². The predicted octanol–water partition coefficient (Wildman–Crippen LogP) is 1.91. The molecular formula is C13H23N3OS. The van der Waals surface area contributed by atoms with Crippen molar-refractivity contribution in [2.24, 2.45) is 5.92 Å². The Hall–Kier alpha value is -0.940. The molecule has 0 saturated heterocycles. The van der Waals surface area contributed by atoms with Crippen LogP contribution in [-0.4, -0.2) is 24.5 Å². The van der Waals surface area contributed by atoms with E-state index in [9.17, 15) is 4.79 Å². The van der Waals surface area contributed by atoms with Gasteiger partial charge >= 0.3 is 0 Å². The number of hydrogen-bond acceptors (Lipinski definition) is 4. The molecule has 0 aliphatic carbocycles. The lowest BCUT2D eigenvalue weighted by atomic mass is 9.93. The molecule has 0 saturated carbocycles. The molecular weight excluding hydrogens is 246 g/mol. The summed E-state index contributed by atoms with van der Waals surface area (Å²) >= 11 is 1.60. The highest BCUT2D eigenvalue weighted by Gasteiger charge is 2.18. The third-order valence-corrected chi connectivity index (χ3v) is 3.54. The zero-order valence-corrected chi connectivity index (χ0v) is 12.6. The minimum Gasteiger partial charge on any atom is -0.349 e. The Morgan fingerprint density at radius 1 is 1.50 bits per heavy atom. The average Bonchev–Trinajstić information content (AvgIpc) is 2.74. The summed E-state index contributed by atoms with van der Waals surface area (Å²) in [5.41, 5.74) is 1.15. The molecule has 1 unspecified atom stereocenters. The Balaban J connectivity index is 2.49. The van der Waals surface area contributed by atoms with Crippen LogP contribution in [0.25, 0.3) is 0 Å². The first-order valence-corrected chi connectivity index (χ1v) is 7.09. The van der Waals surface area contributed by atoms with Crippen LogP contribution >= 0.6 is 11.3 Å². The molecule has 5 heteroatoms. The van der Waals surface area contributed by atoms with Gasteiger partial charge in [-0.3, -0.25) is 4.79 Å². The van der Waals surface area contributed by atoms with Crippen LogP contribution in [0, 0.1) is 5.92 Å². The molecule has 2 N–H and O–H groups in total. The van der Waals surface area contributed by atoms with Gasteiger partial charge in [0.25, 0.3) is 0 Å². The van der Waals surface area contributed by atoms with E-state index >= 15 is 0 Å². The molecule has 0 spiro atoms. The number of thiazole rings is 1. The monoisotopic (exact) mass is 269 g/mol. The lowest BCUT2D eigenvalue weighted by Gasteiger charge is -2.14. The fourth-order valence-electron chi connectivity index (χ4n) is 1.47. The molecule has 0 radical (unpaired) electrons. The fourth-order valence-corrected chi connectivity index (χ4v) is 2.43. The summed E-state index contributed by atoms with van der Waals surface area (Å²) in [5.74, 6) is 0.0499. The largest absolute Gasteiger partial charge is 0.349 e. The van der Waals surface area contributed by atoms with Crippen molar-refractivity contribution < 1.29 is 4.79 Å². The molecule has 0 aliphatic heterocycles. The Morgan fingerprint density at radius 2 is 2.17 bits per heavy atom. The van der Waals surface area contributed by atoms with Crippen LogP contribution in [0.1, 0.15) is 38.4 Å². The van der Waals surface area contributed by atoms with Gasteiger partial charge < -0.3 is 10.6 Å². The molecule has 0 bridgehead atoms. The summed E-state index contributed by atoms with van der Waals surface area (Å²) in [5, 5.41) is 8.94. The second-order valence-electron chi connectivity index (χ2n) is 5.55. The van der Waals surface area contributed by atoms with Crippen LogP contribution in [0.2, 0.25) is 0 Å². The van der Waals surface area contributed by atoms with Crippen molar-refractivity contribution in [3.05, 3.63) is 16.1 Å². The maximum atomic E-state index is 11.7. The van der Waals surface area contributed by atoms with Gasteiger partial charge in [0.05, 0.1) is 12.2 Å². The number of carbonyl (C=O) groups excluding carboxylic acids is 1. The van der Waals surface area contributed by atoms with Crippen molar-refractivity contribution in [3.63, 3.8) is 0 Å². The molecule has 1 heterocycles. The molecule has 0 aromatic carbocycles. The normalized spacial score (nSPS) is 13.4. The number of rotatable bonds is 5. The third-order valence-electron chi connectivity index (χ3n) is 2.69. The predicted molar refractivity (Wildman–Crippen MR) is 75.8 cm³/mol. The number of hydrogen-bond donors (Lipinski definition) is 2. The Bertz CT molecular complexity index is 395. The van der Waals surface area contributed by atoms with Crippen molar-refractivity contribution in [1.82, 2.24) is 15.6 Å². The summed E-state index contributed by atoms with van der Waals surface area (Å²) in [4.78, 5) is 16.3. The highest BCUT2D eigenvalue weighted by Crippen LogP contribution is 2.23. The first kappa shape index (κ1) is 15.1. The second-order valence-corrected chi connectivity index (χ2v) is 6.50. The molecule has 1 amide bonds. The van der Waals surface area contributed by atoms with Crippen molar-refractivity contribution in [2.75, 3.05) is 13.6 Å². The van der Waals surface area contributed by atoms with Gasteiger partial charge in [0.1, 0.15) is 5.01 Å². The van der Waals surface area contributed by atoms with Crippen LogP contribution in [0.15, 0.2) is 5.38 Å². The minimum atomic E-state index is -0.0166. The first-order valence-electron chi connectivity index (χ1n) is 6.21. The Labute approximate surface area is 113 Å². The van der Waals surface area contributed by atoms with Crippen molar-refractivity contribution >= 4 is 17.2 Å². The summed E-state index contributed by atoms with van der Waals surface area (Å²) in [6.07, 6.45) is 0. The molecule has 18 heavy (non-hydrogen) atoms. The van der Waals surface area contributed by atoms with E-state index in [1.807, 2.05) is 14.0 Å². The van der Waals surface area contributed by atoms with Gasteiger partial charge in [0, 0.05) is 23.3 Å². The van der Waals surface area contributed by atoms with Gasteiger partial charge in [0.2, 0.25) is 5.91 Å². The number of amides is 1. The van der Waals surface area contributed by atoms with Crippen LogP contribution in [-0.2, 0) is 16.8 Å². The van der Waals surface area contributed by atoms with Gasteiger partial charge in [-0.2, -0.15) is 0 Å². The number of nitrogens with zero attached hydrogens (tertiary/aromatic N) is 1. The number of nitrogens with one attached hydrogen (secondary N) is 2. The van der Waals surface area contributed by atoms with E-state index < -0.39 is 0 Å². The third kappa shape index (κ3) is 4.38. The van der Waals surface area contributed by atoms with E-state index in [2.05, 4.69) is 41.8 Å². The van der Waals surface area contributed by atoms with Gasteiger partial charge in [0.15, 0.2) is 0 Å². The van der Waals surface area contributed by atoms with Gasteiger partial charge in [-0.1, -0.05) is 27.7 Å². The summed E-state index contributed by atoms with van der Waals surface area (Å²) in [6.45, 7) is 9.54. The standard InChI is InChI=1S/C13H23N3OS/c1-9(6-14-5)12(17)15-7-11-16-10(8-18-11)13(2,3)4/h8-9,14H,6-7H2,1-5H3,(H,15,17). The van der Waals surface area contributed by atoms with E-state index in [0.29, 0.717) is 13.1 Å². The van der Waals surface area contributed by atoms with E-state index in [1.165, 1.54) is 0 Å². The highest BCUT2D eigenvalue weighted by atomic mass is 32.1. The van der Waals surface area contributed by atoms with E-state index in [1.54, 1.807) is 11.3 Å². The summed E-state index contributed by atoms with van der Waals surface area (Å²) in [7, 11) is 1.85. The smallest absolute Gasteiger partial charge is 0.224 e. The highest BCUT2D eigenvalue weighted by molar-refractivity contribution is 7.09. The molecule has 1 aromatic heterocycles. The zero-order chi connectivity index (χ0) is 13.8. The Morgan fingerprint density at radius 3 is 2.67 bits per heavy atom. The van der Waals surface area contributed by atoms with Crippen LogP contribution in [0.3, 0.4) is 0 Å². The molecule has 102 valence electrons. The topological polar surface area (TPSA) is 54.0 Å². The van der Waals surface area contributed by atoms with E-state index in [4.69, 9.17) is 0 Å². The molecule has 1 aromatic rings. The van der Waals surface area contributed by atoms with Gasteiger partial charge in [-0.05, 0) is 7.05 Å². The van der Waals surface area contributed by atoms with Gasteiger partial charge in [-0.15, -0.1) is 11.3 Å². The number of aromatic nitrogens is 1. The summed E-state index contributed by atoms with van der Waals surface area (Å²) < 4.78 is 0. The zero-order valence-electron chi connectivity index (χ0n) is 11.8. The summed E-state index contributed by atoms with van der Waals surface area (Å²) in [6, 6.07) is 0. The quantitative estimate of drug-likeness (QED) is 0.858. The molecule has 0 fully saturated rings. The molecule has 1 atom stereocenters. The number of carbonyl (C=O) groups is 1. The lowest BCUT2D eigenvalue weighted by molar-refractivity contribution is -0.124. The fraction of sp³-hybridized carbons (Fsp3) is 0.692. The van der Waals surface area contributed by atoms with Gasteiger partial charge in [-0.25, -0.2) is 4.98 Å². The molecule has 1 rings (SSSR count). The van der Waals surface area contributed by atoms with Crippen molar-refractivity contribution in [3.8, 4) is 0 Å². The molecule has 0 aliphatic rings. The SMILES string of the molecule is CNCC(C)C(=O)NCc1nc(C(C)(C)C)cs1. The minimum absolute atomic E-state index is 0.0166.